The van der Waals surface area contributed by atoms with E-state index in [4.69, 9.17) is 4.74 Å². The molecule has 1 saturated carbocycles. The minimum atomic E-state index is -3.91. The summed E-state index contributed by atoms with van der Waals surface area (Å²) < 4.78 is 33.1. The number of hydrogen-bond donors (Lipinski definition) is 3. The van der Waals surface area contributed by atoms with E-state index in [-0.39, 0.29) is 22.3 Å². The van der Waals surface area contributed by atoms with Gasteiger partial charge in [-0.1, -0.05) is 30.3 Å². The first kappa shape index (κ1) is 23.7. The third-order valence-corrected chi connectivity index (χ3v) is 7.39. The SMILES string of the molecule is COc1ccc(C(=O)NN2C(=O)N[C@@](C)(CCc3ccccc3)C2=O)cc1S(=O)(=O)NC1CC1. The number of hydrogen-bond acceptors (Lipinski definition) is 6. The number of hydrazine groups is 1. The lowest BCUT2D eigenvalue weighted by Crippen LogP contribution is -2.49. The van der Waals surface area contributed by atoms with Crippen LogP contribution in [0.2, 0.25) is 0 Å². The average molecular weight is 487 g/mol. The summed E-state index contributed by atoms with van der Waals surface area (Å²) in [6.07, 6.45) is 2.39. The normalized spacial score (nSPS) is 20.2. The minimum Gasteiger partial charge on any atom is -0.495 e. The van der Waals surface area contributed by atoms with Gasteiger partial charge in [-0.15, -0.1) is 0 Å². The van der Waals surface area contributed by atoms with Gasteiger partial charge in [0.25, 0.3) is 11.8 Å². The van der Waals surface area contributed by atoms with Gasteiger partial charge in [-0.3, -0.25) is 15.0 Å². The molecule has 4 rings (SSSR count). The van der Waals surface area contributed by atoms with E-state index in [0.29, 0.717) is 17.9 Å². The maximum absolute atomic E-state index is 13.0. The number of methoxy groups -OCH3 is 1. The fraction of sp³-hybridized carbons (Fsp3) is 0.348. The molecule has 1 aliphatic heterocycles. The number of carbonyl (C=O) groups excluding carboxylic acids is 3. The highest BCUT2D eigenvalue weighted by Crippen LogP contribution is 2.29. The largest absolute Gasteiger partial charge is 0.495 e. The molecule has 0 spiro atoms. The molecule has 1 aliphatic carbocycles. The molecular formula is C23H26N4O6S. The zero-order valence-electron chi connectivity index (χ0n) is 18.8. The first-order chi connectivity index (χ1) is 16.1. The summed E-state index contributed by atoms with van der Waals surface area (Å²) in [5, 5.41) is 3.27. The average Bonchev–Trinajstić information content (AvgIpc) is 3.60. The second-order valence-electron chi connectivity index (χ2n) is 8.59. The fourth-order valence-corrected chi connectivity index (χ4v) is 5.17. The molecule has 1 saturated heterocycles. The number of nitrogens with zero attached hydrogens (tertiary/aromatic N) is 1. The predicted octanol–water partition coefficient (Wildman–Crippen LogP) is 1.72. The Balaban J connectivity index is 1.49. The second-order valence-corrected chi connectivity index (χ2v) is 10.3. The number of ether oxygens (including phenoxy) is 1. The van der Waals surface area contributed by atoms with Gasteiger partial charge in [0.1, 0.15) is 16.2 Å². The van der Waals surface area contributed by atoms with Gasteiger partial charge in [0, 0.05) is 11.6 Å². The van der Waals surface area contributed by atoms with Crippen molar-refractivity contribution in [3.8, 4) is 5.75 Å². The van der Waals surface area contributed by atoms with Gasteiger partial charge in [0.15, 0.2) is 0 Å². The van der Waals surface area contributed by atoms with E-state index >= 15 is 0 Å². The van der Waals surface area contributed by atoms with Crippen molar-refractivity contribution >= 4 is 27.9 Å². The van der Waals surface area contributed by atoms with Crippen molar-refractivity contribution < 1.29 is 27.5 Å². The van der Waals surface area contributed by atoms with Crippen LogP contribution in [0.4, 0.5) is 4.79 Å². The molecule has 0 unspecified atom stereocenters. The Morgan fingerprint density at radius 1 is 1.18 bits per heavy atom. The van der Waals surface area contributed by atoms with Crippen LogP contribution in [0.3, 0.4) is 0 Å². The Hall–Kier alpha value is -3.44. The van der Waals surface area contributed by atoms with Crippen molar-refractivity contribution in [3.63, 3.8) is 0 Å². The summed E-state index contributed by atoms with van der Waals surface area (Å²) >= 11 is 0. The molecule has 2 fully saturated rings. The van der Waals surface area contributed by atoms with Crippen LogP contribution in [0.25, 0.3) is 0 Å². The van der Waals surface area contributed by atoms with E-state index in [1.165, 1.54) is 19.2 Å². The van der Waals surface area contributed by atoms with Gasteiger partial charge < -0.3 is 10.1 Å². The number of imide groups is 1. The zero-order chi connectivity index (χ0) is 24.5. The van der Waals surface area contributed by atoms with Crippen molar-refractivity contribution in [2.24, 2.45) is 0 Å². The molecule has 2 aliphatic rings. The van der Waals surface area contributed by atoms with Crippen LogP contribution in [-0.2, 0) is 21.2 Å². The number of rotatable bonds is 9. The molecular weight excluding hydrogens is 460 g/mol. The molecule has 34 heavy (non-hydrogen) atoms. The van der Waals surface area contributed by atoms with Gasteiger partial charge in [-0.2, -0.15) is 5.01 Å². The van der Waals surface area contributed by atoms with Crippen LogP contribution in [0.15, 0.2) is 53.4 Å². The van der Waals surface area contributed by atoms with Gasteiger partial charge >= 0.3 is 6.03 Å². The van der Waals surface area contributed by atoms with E-state index in [1.807, 2.05) is 30.3 Å². The number of urea groups is 1. The van der Waals surface area contributed by atoms with Gasteiger partial charge in [0.05, 0.1) is 7.11 Å². The Morgan fingerprint density at radius 2 is 1.88 bits per heavy atom. The van der Waals surface area contributed by atoms with Crippen molar-refractivity contribution in [3.05, 3.63) is 59.7 Å². The highest BCUT2D eigenvalue weighted by molar-refractivity contribution is 7.89. The number of carbonyl (C=O) groups is 3. The van der Waals surface area contributed by atoms with E-state index in [2.05, 4.69) is 15.5 Å². The number of benzene rings is 2. The van der Waals surface area contributed by atoms with E-state index in [9.17, 15) is 22.8 Å². The van der Waals surface area contributed by atoms with Gasteiger partial charge in [0.2, 0.25) is 10.0 Å². The van der Waals surface area contributed by atoms with Gasteiger partial charge in [-0.25, -0.2) is 17.9 Å². The Kier molecular flexibility index (Phi) is 6.32. The summed E-state index contributed by atoms with van der Waals surface area (Å²) in [5.41, 5.74) is 2.07. The highest BCUT2D eigenvalue weighted by Gasteiger charge is 2.48. The fourth-order valence-electron chi connectivity index (χ4n) is 3.67. The van der Waals surface area contributed by atoms with Crippen LogP contribution in [0.5, 0.6) is 5.75 Å². The molecule has 2 aromatic carbocycles. The van der Waals surface area contributed by atoms with Crippen molar-refractivity contribution in [2.75, 3.05) is 7.11 Å². The molecule has 1 heterocycles. The molecule has 10 nitrogen and oxygen atoms in total. The lowest BCUT2D eigenvalue weighted by Gasteiger charge is -2.21. The summed E-state index contributed by atoms with van der Waals surface area (Å²) in [6.45, 7) is 1.60. The van der Waals surface area contributed by atoms with Crippen molar-refractivity contribution in [1.29, 1.82) is 0 Å². The molecule has 0 aromatic heterocycles. The molecule has 1 atom stereocenters. The standard InChI is InChI=1S/C23H26N4O6S/c1-23(13-12-15-6-4-3-5-7-15)21(29)27(22(30)24-23)25-20(28)16-8-11-18(33-2)19(14-16)34(31,32)26-17-9-10-17/h3-8,11,14,17,26H,9-10,12-13H2,1-2H3,(H,24,30)(H,25,28)/t23-/m0/s1. The van der Waals surface area contributed by atoms with Crippen LogP contribution in [-0.4, -0.2) is 50.0 Å². The first-order valence-electron chi connectivity index (χ1n) is 10.8. The lowest BCUT2D eigenvalue weighted by atomic mass is 9.93. The molecule has 2 aromatic rings. The lowest BCUT2D eigenvalue weighted by molar-refractivity contribution is -0.132. The smallest absolute Gasteiger partial charge is 0.344 e. The van der Waals surface area contributed by atoms with E-state index < -0.39 is 33.4 Å². The third-order valence-electron chi connectivity index (χ3n) is 5.85. The van der Waals surface area contributed by atoms with Crippen LogP contribution in [0, 0.1) is 0 Å². The quantitative estimate of drug-likeness (QED) is 0.462. The Morgan fingerprint density at radius 3 is 2.53 bits per heavy atom. The molecule has 11 heteroatoms. The highest BCUT2D eigenvalue weighted by atomic mass is 32.2. The number of aryl methyl sites for hydroxylation is 1. The second kappa shape index (κ2) is 9.07. The summed E-state index contributed by atoms with van der Waals surface area (Å²) in [4.78, 5) is 38.1. The van der Waals surface area contributed by atoms with Crippen molar-refractivity contribution in [1.82, 2.24) is 20.5 Å². The zero-order valence-corrected chi connectivity index (χ0v) is 19.6. The van der Waals surface area contributed by atoms with Crippen molar-refractivity contribution in [2.45, 2.75) is 49.1 Å². The summed E-state index contributed by atoms with van der Waals surface area (Å²) in [7, 11) is -2.58. The van der Waals surface area contributed by atoms with E-state index in [0.717, 1.165) is 24.5 Å². The summed E-state index contributed by atoms with van der Waals surface area (Å²) in [6, 6.07) is 12.5. The molecule has 4 amide bonds. The van der Waals surface area contributed by atoms with E-state index in [1.54, 1.807) is 6.92 Å². The van der Waals surface area contributed by atoms with Crippen LogP contribution >= 0.6 is 0 Å². The third kappa shape index (κ3) is 4.90. The maximum Gasteiger partial charge on any atom is 0.344 e. The number of nitrogens with one attached hydrogen (secondary N) is 3. The van der Waals surface area contributed by atoms with Gasteiger partial charge in [-0.05, 0) is 56.4 Å². The van der Waals surface area contributed by atoms with Crippen LogP contribution in [0.1, 0.15) is 42.1 Å². The molecule has 0 radical (unpaired) electrons. The number of sulfonamides is 1. The molecule has 3 N–H and O–H groups in total. The Labute approximate surface area is 197 Å². The first-order valence-corrected chi connectivity index (χ1v) is 12.3. The van der Waals surface area contributed by atoms with Crippen LogP contribution < -0.4 is 20.2 Å². The predicted molar refractivity (Wildman–Crippen MR) is 122 cm³/mol. The molecule has 0 bridgehead atoms. The monoisotopic (exact) mass is 486 g/mol. The maximum atomic E-state index is 13.0. The Bertz CT molecular complexity index is 1230. The summed E-state index contributed by atoms with van der Waals surface area (Å²) in [5.74, 6) is -1.33. The molecule has 180 valence electrons. The number of amides is 4. The topological polar surface area (TPSA) is 134 Å². The minimum absolute atomic E-state index is 0.0459.